The highest BCUT2D eigenvalue weighted by Gasteiger charge is 2.32. The summed E-state index contributed by atoms with van der Waals surface area (Å²) in [6.07, 6.45) is 10.7. The monoisotopic (exact) mass is 253 g/mol. The summed E-state index contributed by atoms with van der Waals surface area (Å²) in [7, 11) is 0. The van der Waals surface area contributed by atoms with Crippen LogP contribution in [0.15, 0.2) is 0 Å². The molecule has 1 heterocycles. The molecule has 0 bridgehead atoms. The van der Waals surface area contributed by atoms with Crippen LogP contribution in [0.2, 0.25) is 0 Å². The molecule has 3 heteroatoms. The minimum Gasteiger partial charge on any atom is -0.481 e. The topological polar surface area (TPSA) is 40.5 Å². The molecule has 1 aliphatic heterocycles. The molecule has 1 saturated heterocycles. The SMILES string of the molecule is CC(C1CCCCC1)N1CCCCC1CC(=O)O. The quantitative estimate of drug-likeness (QED) is 0.836. The number of hydrogen-bond acceptors (Lipinski definition) is 2. The largest absolute Gasteiger partial charge is 0.481 e. The van der Waals surface area contributed by atoms with Gasteiger partial charge in [0.2, 0.25) is 0 Å². The fourth-order valence-electron chi connectivity index (χ4n) is 3.87. The van der Waals surface area contributed by atoms with Gasteiger partial charge in [0.1, 0.15) is 0 Å². The summed E-state index contributed by atoms with van der Waals surface area (Å²) >= 11 is 0. The molecule has 0 amide bonds. The number of nitrogens with zero attached hydrogens (tertiary/aromatic N) is 1. The van der Waals surface area contributed by atoms with E-state index in [1.807, 2.05) is 0 Å². The molecule has 0 spiro atoms. The van der Waals surface area contributed by atoms with Crippen molar-refractivity contribution in [1.82, 2.24) is 4.90 Å². The summed E-state index contributed by atoms with van der Waals surface area (Å²) in [6, 6.07) is 0.864. The summed E-state index contributed by atoms with van der Waals surface area (Å²) < 4.78 is 0. The number of aliphatic carboxylic acids is 1. The Morgan fingerprint density at radius 2 is 1.83 bits per heavy atom. The van der Waals surface area contributed by atoms with Gasteiger partial charge in [0.05, 0.1) is 6.42 Å². The Kier molecular flexibility index (Phi) is 5.04. The van der Waals surface area contributed by atoms with Crippen LogP contribution in [0, 0.1) is 5.92 Å². The Morgan fingerprint density at radius 3 is 2.50 bits per heavy atom. The molecule has 1 saturated carbocycles. The average Bonchev–Trinajstić information content (AvgIpc) is 2.39. The van der Waals surface area contributed by atoms with E-state index in [9.17, 15) is 4.79 Å². The van der Waals surface area contributed by atoms with E-state index >= 15 is 0 Å². The van der Waals surface area contributed by atoms with Crippen molar-refractivity contribution in [2.24, 2.45) is 5.92 Å². The molecule has 104 valence electrons. The molecule has 0 aromatic heterocycles. The zero-order chi connectivity index (χ0) is 13.0. The van der Waals surface area contributed by atoms with Crippen molar-refractivity contribution < 1.29 is 9.90 Å². The molecule has 0 radical (unpaired) electrons. The van der Waals surface area contributed by atoms with Gasteiger partial charge in [-0.25, -0.2) is 0 Å². The van der Waals surface area contributed by atoms with Crippen molar-refractivity contribution in [3.63, 3.8) is 0 Å². The van der Waals surface area contributed by atoms with Crippen molar-refractivity contribution in [2.45, 2.75) is 76.8 Å². The first-order chi connectivity index (χ1) is 8.68. The van der Waals surface area contributed by atoms with E-state index in [1.165, 1.54) is 44.9 Å². The third kappa shape index (κ3) is 3.47. The van der Waals surface area contributed by atoms with Crippen LogP contribution in [0.25, 0.3) is 0 Å². The maximum Gasteiger partial charge on any atom is 0.304 e. The van der Waals surface area contributed by atoms with Gasteiger partial charge in [0.25, 0.3) is 0 Å². The predicted octanol–water partition coefficient (Wildman–Crippen LogP) is 3.28. The van der Waals surface area contributed by atoms with Crippen LogP contribution in [0.5, 0.6) is 0 Å². The van der Waals surface area contributed by atoms with E-state index < -0.39 is 5.97 Å². The molecular weight excluding hydrogens is 226 g/mol. The highest BCUT2D eigenvalue weighted by molar-refractivity contribution is 5.67. The van der Waals surface area contributed by atoms with Crippen molar-refractivity contribution in [2.75, 3.05) is 6.54 Å². The number of carbonyl (C=O) groups is 1. The first-order valence-corrected chi connectivity index (χ1v) is 7.66. The van der Waals surface area contributed by atoms with Crippen LogP contribution >= 0.6 is 0 Å². The summed E-state index contributed by atoms with van der Waals surface area (Å²) in [6.45, 7) is 3.44. The third-order valence-corrected chi connectivity index (χ3v) is 4.94. The molecule has 0 aromatic carbocycles. The highest BCUT2D eigenvalue weighted by Crippen LogP contribution is 2.32. The number of carboxylic acid groups (broad SMARTS) is 1. The maximum atomic E-state index is 11.0. The van der Waals surface area contributed by atoms with Gasteiger partial charge in [-0.15, -0.1) is 0 Å². The third-order valence-electron chi connectivity index (χ3n) is 4.94. The molecule has 2 atom stereocenters. The summed E-state index contributed by atoms with van der Waals surface area (Å²) in [4.78, 5) is 13.5. The number of likely N-dealkylation sites (tertiary alicyclic amines) is 1. The fraction of sp³-hybridized carbons (Fsp3) is 0.933. The lowest BCUT2D eigenvalue weighted by Crippen LogP contribution is -2.49. The molecule has 2 fully saturated rings. The molecule has 3 nitrogen and oxygen atoms in total. The van der Waals surface area contributed by atoms with Gasteiger partial charge in [0, 0.05) is 12.1 Å². The minimum atomic E-state index is -0.636. The standard InChI is InChI=1S/C15H27NO2/c1-12(13-7-3-2-4-8-13)16-10-6-5-9-14(16)11-15(17)18/h12-14H,2-11H2,1H3,(H,17,18). The van der Waals surface area contributed by atoms with Gasteiger partial charge in [-0.1, -0.05) is 25.7 Å². The molecule has 0 aromatic rings. The lowest BCUT2D eigenvalue weighted by Gasteiger charge is -2.43. The Balaban J connectivity index is 1.95. The van der Waals surface area contributed by atoms with Crippen LogP contribution in [-0.4, -0.2) is 34.6 Å². The second kappa shape index (κ2) is 6.55. The molecular formula is C15H27NO2. The van der Waals surface area contributed by atoms with E-state index in [-0.39, 0.29) is 6.04 Å². The zero-order valence-corrected chi connectivity index (χ0v) is 11.6. The van der Waals surface area contributed by atoms with Crippen molar-refractivity contribution in [1.29, 1.82) is 0 Å². The Morgan fingerprint density at radius 1 is 1.17 bits per heavy atom. The second-order valence-electron chi connectivity index (χ2n) is 6.12. The molecule has 1 N–H and O–H groups in total. The summed E-state index contributed by atoms with van der Waals surface area (Å²) in [5, 5.41) is 9.05. The van der Waals surface area contributed by atoms with Crippen LogP contribution < -0.4 is 0 Å². The Labute approximate surface area is 111 Å². The van der Waals surface area contributed by atoms with E-state index in [1.54, 1.807) is 0 Å². The summed E-state index contributed by atoms with van der Waals surface area (Å²) in [5.74, 6) is 0.163. The number of piperidine rings is 1. The number of rotatable bonds is 4. The summed E-state index contributed by atoms with van der Waals surface area (Å²) in [5.41, 5.74) is 0. The minimum absolute atomic E-state index is 0.285. The smallest absolute Gasteiger partial charge is 0.304 e. The van der Waals surface area contributed by atoms with E-state index in [2.05, 4.69) is 11.8 Å². The molecule has 2 rings (SSSR count). The van der Waals surface area contributed by atoms with Crippen LogP contribution in [0.4, 0.5) is 0 Å². The van der Waals surface area contributed by atoms with Crippen molar-refractivity contribution >= 4 is 5.97 Å². The average molecular weight is 253 g/mol. The zero-order valence-electron chi connectivity index (χ0n) is 11.6. The van der Waals surface area contributed by atoms with Crippen molar-refractivity contribution in [3.8, 4) is 0 Å². The molecule has 1 aliphatic carbocycles. The highest BCUT2D eigenvalue weighted by atomic mass is 16.4. The van der Waals surface area contributed by atoms with Crippen LogP contribution in [0.3, 0.4) is 0 Å². The maximum absolute atomic E-state index is 11.0. The van der Waals surface area contributed by atoms with E-state index in [0.29, 0.717) is 12.5 Å². The lowest BCUT2D eigenvalue weighted by atomic mass is 9.82. The molecule has 2 unspecified atom stereocenters. The van der Waals surface area contributed by atoms with Crippen LogP contribution in [-0.2, 0) is 4.79 Å². The lowest BCUT2D eigenvalue weighted by molar-refractivity contribution is -0.139. The van der Waals surface area contributed by atoms with Crippen molar-refractivity contribution in [3.05, 3.63) is 0 Å². The fourth-order valence-corrected chi connectivity index (χ4v) is 3.87. The van der Waals surface area contributed by atoms with Crippen LogP contribution in [0.1, 0.15) is 64.7 Å². The normalized spacial score (nSPS) is 29.1. The first-order valence-electron chi connectivity index (χ1n) is 7.66. The Bertz CT molecular complexity index is 274. The van der Waals surface area contributed by atoms with Gasteiger partial charge in [-0.05, 0) is 45.1 Å². The first kappa shape index (κ1) is 13.9. The molecule has 2 aliphatic rings. The van der Waals surface area contributed by atoms with Gasteiger partial charge in [-0.2, -0.15) is 0 Å². The number of carboxylic acids is 1. The van der Waals surface area contributed by atoms with E-state index in [4.69, 9.17) is 5.11 Å². The van der Waals surface area contributed by atoms with Gasteiger partial charge >= 0.3 is 5.97 Å². The van der Waals surface area contributed by atoms with Gasteiger partial charge < -0.3 is 5.11 Å². The molecule has 18 heavy (non-hydrogen) atoms. The number of hydrogen-bond donors (Lipinski definition) is 1. The van der Waals surface area contributed by atoms with Gasteiger partial charge in [0.15, 0.2) is 0 Å². The van der Waals surface area contributed by atoms with Gasteiger partial charge in [-0.3, -0.25) is 9.69 Å². The predicted molar refractivity (Wildman–Crippen MR) is 72.6 cm³/mol. The second-order valence-corrected chi connectivity index (χ2v) is 6.12. The van der Waals surface area contributed by atoms with E-state index in [0.717, 1.165) is 18.9 Å². The Hall–Kier alpha value is -0.570.